The van der Waals surface area contributed by atoms with Gasteiger partial charge in [-0.3, -0.25) is 9.97 Å². The number of aromatic nitrogens is 2. The number of benzene rings is 3. The van der Waals surface area contributed by atoms with Gasteiger partial charge in [0.25, 0.3) is 0 Å². The Balaban J connectivity index is 0.000000207. The third-order valence-corrected chi connectivity index (χ3v) is 12.5. The predicted molar refractivity (Wildman–Crippen MR) is 201 cm³/mol. The molecule has 2 heterocycles. The van der Waals surface area contributed by atoms with Crippen molar-refractivity contribution in [2.45, 2.75) is 59.9 Å². The second-order valence-electron chi connectivity index (χ2n) is 12.3. The van der Waals surface area contributed by atoms with Crippen molar-refractivity contribution in [3.8, 4) is 22.5 Å². The van der Waals surface area contributed by atoms with Gasteiger partial charge in [0.05, 0.1) is 11.4 Å². The number of hydrogen-bond donors (Lipinski definition) is 0. The van der Waals surface area contributed by atoms with Crippen LogP contribution in [-0.2, 0) is 35.8 Å². The van der Waals surface area contributed by atoms with Gasteiger partial charge in [-0.15, -0.1) is 56.9 Å². The van der Waals surface area contributed by atoms with E-state index in [-0.39, 0.29) is 30.3 Å². The van der Waals surface area contributed by atoms with E-state index in [1.165, 1.54) is 90.8 Å². The zero-order valence-electron chi connectivity index (χ0n) is 29.1. The molecule has 0 fully saturated rings. The summed E-state index contributed by atoms with van der Waals surface area (Å²) in [5.41, 5.74) is 10.0. The van der Waals surface area contributed by atoms with Gasteiger partial charge in [-0.25, -0.2) is 0 Å². The van der Waals surface area contributed by atoms with Crippen LogP contribution in [0.3, 0.4) is 0 Å². The maximum absolute atomic E-state index is 4.51. The first-order chi connectivity index (χ1) is 22.9. The molecule has 0 aliphatic rings. The van der Waals surface area contributed by atoms with Crippen molar-refractivity contribution in [2.75, 3.05) is 0 Å². The first-order valence-electron chi connectivity index (χ1n) is 16.7. The van der Waals surface area contributed by atoms with E-state index in [0.717, 1.165) is 24.2 Å². The minimum Gasteiger partial charge on any atom is -1.00 e. The molecule has 6 heteroatoms. The third-order valence-electron chi connectivity index (χ3n) is 8.22. The average Bonchev–Trinajstić information content (AvgIpc) is 3.66. The van der Waals surface area contributed by atoms with Crippen molar-refractivity contribution < 1.29 is 47.8 Å². The number of halogens is 2. The van der Waals surface area contributed by atoms with E-state index in [1.54, 1.807) is 5.19 Å². The van der Waals surface area contributed by atoms with Gasteiger partial charge in [-0.2, -0.15) is 12.1 Å². The summed E-state index contributed by atoms with van der Waals surface area (Å²) in [5, 5.41) is 6.88. The smallest absolute Gasteiger partial charge is 1.00 e. The Morgan fingerprint density at radius 3 is 1.37 bits per heavy atom. The van der Waals surface area contributed by atoms with Gasteiger partial charge in [-0.05, 0) is 48.2 Å². The zero-order chi connectivity index (χ0) is 33.2. The first-order valence-corrected chi connectivity index (χ1v) is 24.1. The maximum atomic E-state index is 4.51. The third kappa shape index (κ3) is 10.9. The van der Waals surface area contributed by atoms with Gasteiger partial charge in [0.1, 0.15) is 0 Å². The molecule has 0 aliphatic carbocycles. The van der Waals surface area contributed by atoms with E-state index in [9.17, 15) is 0 Å². The van der Waals surface area contributed by atoms with Crippen LogP contribution >= 0.6 is 0 Å². The fraction of sp³-hybridized carbons (Fsp3) is 0.209. The molecule has 0 atom stereocenters. The van der Waals surface area contributed by atoms with Crippen molar-refractivity contribution in [2.24, 2.45) is 0 Å². The summed E-state index contributed by atoms with van der Waals surface area (Å²) in [6.45, 7) is 11.1. The summed E-state index contributed by atoms with van der Waals surface area (Å²) in [6, 6.07) is 41.3. The van der Waals surface area contributed by atoms with Crippen LogP contribution in [0.25, 0.3) is 44.1 Å². The molecule has 0 amide bonds. The van der Waals surface area contributed by atoms with Crippen LogP contribution in [0.4, 0.5) is 0 Å². The van der Waals surface area contributed by atoms with Gasteiger partial charge in [0, 0.05) is 12.4 Å². The van der Waals surface area contributed by atoms with Crippen molar-refractivity contribution in [1.82, 2.24) is 9.97 Å². The van der Waals surface area contributed by atoms with E-state index < -0.39 is 0 Å². The molecule has 250 valence electrons. The van der Waals surface area contributed by atoms with Crippen molar-refractivity contribution in [1.29, 1.82) is 0 Å². The van der Waals surface area contributed by atoms with Gasteiger partial charge < -0.3 is 24.8 Å². The fourth-order valence-corrected chi connectivity index (χ4v) is 8.58. The van der Waals surface area contributed by atoms with Crippen molar-refractivity contribution in [3.63, 3.8) is 0 Å². The predicted octanol–water partition coefficient (Wildman–Crippen LogP) is 4.83. The summed E-state index contributed by atoms with van der Waals surface area (Å²) in [5.74, 6) is 0. The van der Waals surface area contributed by atoms with Crippen LogP contribution < -0.4 is 30.0 Å². The van der Waals surface area contributed by atoms with Crippen LogP contribution in [0.15, 0.2) is 128 Å². The van der Waals surface area contributed by atoms with Crippen LogP contribution in [-0.4, -0.2) is 15.5 Å². The standard InChI is InChI=1S/2C18H18N.C7H8Si.2ClH.Hf/c2*1-3-6-14-11-15-9-13(2)10-16(15)17(12-14)18-7-4-5-8-19-18;1-8-7-5-3-2-4-6-7;;;/h2*4-5,7-12H,3,6H2,1-2H3;2-6H,1H3;2*1H;/q2*-1;;;;+2/p-2. The minimum absolute atomic E-state index is 0. The maximum Gasteiger partial charge on any atom is -1.00 e. The van der Waals surface area contributed by atoms with Gasteiger partial charge >= 0.3 is 70.6 Å². The number of nitrogens with zero attached hydrogens (tertiary/aromatic N) is 2. The molecule has 0 N–H and O–H groups in total. The summed E-state index contributed by atoms with van der Waals surface area (Å²) in [7, 11) is 0. The first kappa shape index (κ1) is 40.3. The molecule has 7 aromatic rings. The molecule has 49 heavy (non-hydrogen) atoms. The van der Waals surface area contributed by atoms with Gasteiger partial charge in [-0.1, -0.05) is 75.9 Å². The number of fused-ring (bicyclic) bond motifs is 2. The van der Waals surface area contributed by atoms with Crippen molar-refractivity contribution >= 4 is 32.2 Å². The monoisotopic (exact) mass is 866 g/mol. The van der Waals surface area contributed by atoms with E-state index in [0.29, 0.717) is 0 Å². The Kier molecular flexibility index (Phi) is 16.3. The number of hydrogen-bond acceptors (Lipinski definition) is 2. The second-order valence-corrected chi connectivity index (χ2v) is 22.2. The molecule has 0 saturated heterocycles. The second kappa shape index (κ2) is 19.9. The topological polar surface area (TPSA) is 25.8 Å². The molecule has 2 nitrogen and oxygen atoms in total. The number of pyridine rings is 2. The van der Waals surface area contributed by atoms with E-state index in [2.05, 4.69) is 147 Å². The summed E-state index contributed by atoms with van der Waals surface area (Å²) >= 11 is 1.36. The Morgan fingerprint density at radius 2 is 1.02 bits per heavy atom. The SMILES string of the molecule is CCCc1cc(-c2ccccn2)c2cc(C)[cH-]c2c1.CCCc1cc(-c2ccccn2)c2cc(C)[cH-]c2c1.C[Si](=[Hf+2])c1ccccc1.[Cl-].[Cl-]. The normalized spacial score (nSPS) is 10.3. The molecule has 0 saturated carbocycles. The van der Waals surface area contributed by atoms with Crippen molar-refractivity contribution in [3.05, 3.63) is 150 Å². The molecule has 0 unspecified atom stereocenters. The van der Waals surface area contributed by atoms with Gasteiger partial charge in [0.2, 0.25) is 0 Å². The van der Waals surface area contributed by atoms with Crippen LogP contribution in [0.2, 0.25) is 6.55 Å². The number of rotatable bonds is 7. The van der Waals surface area contributed by atoms with E-state index >= 15 is 0 Å². The van der Waals surface area contributed by atoms with E-state index in [4.69, 9.17) is 0 Å². The average molecular weight is 866 g/mol. The molecule has 5 aromatic carbocycles. The summed E-state index contributed by atoms with van der Waals surface area (Å²) < 4.78 is 0. The number of aryl methyl sites for hydroxylation is 4. The molecular weight excluding hydrogens is 822 g/mol. The summed E-state index contributed by atoms with van der Waals surface area (Å²) in [6.07, 6.45) is 8.33. The quantitative estimate of drug-likeness (QED) is 0.170. The van der Waals surface area contributed by atoms with Gasteiger partial charge in [0.15, 0.2) is 0 Å². The molecule has 0 radical (unpaired) electrons. The Morgan fingerprint density at radius 1 is 0.592 bits per heavy atom. The molecule has 0 aliphatic heterocycles. The largest absolute Gasteiger partial charge is 1.00 e. The Labute approximate surface area is 320 Å². The zero-order valence-corrected chi connectivity index (χ0v) is 35.2. The molecule has 7 rings (SSSR count). The molecule has 2 aromatic heterocycles. The molecular formula is C43H44Cl2HfN2Si-2. The fourth-order valence-electron chi connectivity index (χ4n) is 6.09. The molecule has 0 bridgehead atoms. The summed E-state index contributed by atoms with van der Waals surface area (Å²) in [4.78, 5) is 9.02. The Hall–Kier alpha value is -3.15. The van der Waals surface area contributed by atoms with Crippen LogP contribution in [0, 0.1) is 13.8 Å². The molecule has 0 spiro atoms. The van der Waals surface area contributed by atoms with Crippen LogP contribution in [0.1, 0.15) is 48.9 Å². The Bertz CT molecular complexity index is 1930. The van der Waals surface area contributed by atoms with E-state index in [1.807, 2.05) is 24.5 Å². The minimum atomic E-state index is -0.0733. The van der Waals surface area contributed by atoms with Crippen LogP contribution in [0.5, 0.6) is 0 Å².